The number of rotatable bonds is 4. The third-order valence-electron chi connectivity index (χ3n) is 4.62. The first-order chi connectivity index (χ1) is 10.9. The zero-order valence-corrected chi connectivity index (χ0v) is 13.8. The number of nitrogens with one attached hydrogen (secondary N) is 2. The summed E-state index contributed by atoms with van der Waals surface area (Å²) in [6, 6.07) is 6.12. The molecule has 0 spiro atoms. The van der Waals surface area contributed by atoms with Gasteiger partial charge in [0.2, 0.25) is 0 Å². The fraction of sp³-hybridized carbons (Fsp3) is 0.529. The molecule has 0 aliphatic heterocycles. The maximum atomic E-state index is 12.0. The van der Waals surface area contributed by atoms with Crippen molar-refractivity contribution in [3.8, 4) is 5.75 Å². The maximum Gasteiger partial charge on any atom is 0.313 e. The zero-order chi connectivity index (χ0) is 16.9. The van der Waals surface area contributed by atoms with Gasteiger partial charge in [0.25, 0.3) is 0 Å². The number of hydrogen-bond acceptors (Lipinski definition) is 4. The second kappa shape index (κ2) is 7.46. The Morgan fingerprint density at radius 2 is 1.87 bits per heavy atom. The summed E-state index contributed by atoms with van der Waals surface area (Å²) < 4.78 is 0. The summed E-state index contributed by atoms with van der Waals surface area (Å²) in [4.78, 5) is 26.1. The molecular formula is C17H25N3O3. The van der Waals surface area contributed by atoms with Gasteiger partial charge in [0.05, 0.1) is 0 Å². The van der Waals surface area contributed by atoms with Crippen LogP contribution >= 0.6 is 0 Å². The van der Waals surface area contributed by atoms with Gasteiger partial charge in [-0.25, -0.2) is 0 Å². The van der Waals surface area contributed by atoms with Crippen LogP contribution in [0.2, 0.25) is 0 Å². The molecule has 0 atom stereocenters. The van der Waals surface area contributed by atoms with Crippen molar-refractivity contribution >= 4 is 17.5 Å². The average molecular weight is 319 g/mol. The molecule has 0 heterocycles. The van der Waals surface area contributed by atoms with Gasteiger partial charge in [-0.05, 0) is 39.1 Å². The van der Waals surface area contributed by atoms with E-state index >= 15 is 0 Å². The Labute approximate surface area is 136 Å². The summed E-state index contributed by atoms with van der Waals surface area (Å²) in [6.07, 6.45) is 5.55. The number of anilines is 1. The molecule has 6 heteroatoms. The van der Waals surface area contributed by atoms with Gasteiger partial charge in [0, 0.05) is 23.8 Å². The first kappa shape index (κ1) is 17.3. The number of hydrogen-bond donors (Lipinski definition) is 3. The van der Waals surface area contributed by atoms with Crippen molar-refractivity contribution in [2.45, 2.75) is 37.6 Å². The third-order valence-corrected chi connectivity index (χ3v) is 4.62. The molecule has 0 radical (unpaired) electrons. The second-order valence-electron chi connectivity index (χ2n) is 6.37. The molecule has 0 bridgehead atoms. The van der Waals surface area contributed by atoms with Crippen LogP contribution in [0.25, 0.3) is 0 Å². The lowest BCUT2D eigenvalue weighted by Gasteiger charge is -2.43. The Kier molecular flexibility index (Phi) is 5.60. The van der Waals surface area contributed by atoms with E-state index in [0.29, 0.717) is 12.2 Å². The third kappa shape index (κ3) is 4.45. The Bertz CT molecular complexity index is 566. The molecule has 1 aliphatic carbocycles. The van der Waals surface area contributed by atoms with Gasteiger partial charge in [0.1, 0.15) is 5.75 Å². The summed E-state index contributed by atoms with van der Waals surface area (Å²) >= 11 is 0. The first-order valence-corrected chi connectivity index (χ1v) is 7.99. The van der Waals surface area contributed by atoms with Crippen LogP contribution in [0.3, 0.4) is 0 Å². The van der Waals surface area contributed by atoms with Crippen LogP contribution in [-0.2, 0) is 9.59 Å². The van der Waals surface area contributed by atoms with Gasteiger partial charge >= 0.3 is 11.8 Å². The number of amides is 2. The highest BCUT2D eigenvalue weighted by atomic mass is 16.3. The normalized spacial score (nSPS) is 16.8. The van der Waals surface area contributed by atoms with Crippen LogP contribution in [-0.4, -0.2) is 48.0 Å². The van der Waals surface area contributed by atoms with Gasteiger partial charge in [-0.3, -0.25) is 9.59 Å². The molecule has 0 unspecified atom stereocenters. The molecule has 1 aromatic carbocycles. The van der Waals surface area contributed by atoms with E-state index in [1.165, 1.54) is 18.6 Å². The average Bonchev–Trinajstić information content (AvgIpc) is 2.53. The lowest BCUT2D eigenvalue weighted by molar-refractivity contribution is -0.136. The number of carbonyl (C=O) groups excluding carboxylic acids is 2. The quantitative estimate of drug-likeness (QED) is 0.738. The van der Waals surface area contributed by atoms with Crippen molar-refractivity contribution in [3.05, 3.63) is 24.3 Å². The van der Waals surface area contributed by atoms with Gasteiger partial charge in [-0.1, -0.05) is 25.3 Å². The highest BCUT2D eigenvalue weighted by Gasteiger charge is 2.34. The summed E-state index contributed by atoms with van der Waals surface area (Å²) in [7, 11) is 4.04. The molecule has 3 N–H and O–H groups in total. The Balaban J connectivity index is 1.91. The Morgan fingerprint density at radius 3 is 2.48 bits per heavy atom. The maximum absolute atomic E-state index is 12.0. The minimum absolute atomic E-state index is 0.0389. The molecule has 1 aromatic rings. The SMILES string of the molecule is CN(C)C1(CNC(=O)C(=O)Nc2cccc(O)c2)CCCCC1. The van der Waals surface area contributed by atoms with E-state index < -0.39 is 11.8 Å². The predicted octanol–water partition coefficient (Wildman–Crippen LogP) is 1.71. The van der Waals surface area contributed by atoms with Crippen LogP contribution in [0.15, 0.2) is 24.3 Å². The molecule has 126 valence electrons. The van der Waals surface area contributed by atoms with Crippen LogP contribution in [0, 0.1) is 0 Å². The molecule has 6 nitrogen and oxygen atoms in total. The molecular weight excluding hydrogens is 294 g/mol. The highest BCUT2D eigenvalue weighted by Crippen LogP contribution is 2.31. The van der Waals surface area contributed by atoms with Crippen molar-refractivity contribution in [3.63, 3.8) is 0 Å². The largest absolute Gasteiger partial charge is 0.508 e. The molecule has 0 saturated heterocycles. The predicted molar refractivity (Wildman–Crippen MR) is 89.2 cm³/mol. The first-order valence-electron chi connectivity index (χ1n) is 7.99. The smallest absolute Gasteiger partial charge is 0.313 e. The van der Waals surface area contributed by atoms with Gasteiger partial charge in [-0.2, -0.15) is 0 Å². The number of carbonyl (C=O) groups is 2. The molecule has 1 aliphatic rings. The number of phenolic OH excluding ortho intramolecular Hbond substituents is 1. The lowest BCUT2D eigenvalue weighted by atomic mass is 9.80. The van der Waals surface area contributed by atoms with Gasteiger partial charge < -0.3 is 20.6 Å². The van der Waals surface area contributed by atoms with E-state index in [4.69, 9.17) is 0 Å². The van der Waals surface area contributed by atoms with E-state index in [-0.39, 0.29) is 11.3 Å². The Morgan fingerprint density at radius 1 is 1.17 bits per heavy atom. The molecule has 2 amide bonds. The molecule has 0 aromatic heterocycles. The number of phenols is 1. The van der Waals surface area contributed by atoms with Crippen molar-refractivity contribution in [2.75, 3.05) is 26.0 Å². The standard InChI is InChI=1S/C17H25N3O3/c1-20(2)17(9-4-3-5-10-17)12-18-15(22)16(23)19-13-7-6-8-14(21)11-13/h6-8,11,21H,3-5,9-10,12H2,1-2H3,(H,18,22)(H,19,23). The van der Waals surface area contributed by atoms with Crippen molar-refractivity contribution < 1.29 is 14.7 Å². The molecule has 1 fully saturated rings. The summed E-state index contributed by atoms with van der Waals surface area (Å²) in [5, 5.41) is 14.6. The number of aromatic hydroxyl groups is 1. The zero-order valence-electron chi connectivity index (χ0n) is 13.8. The fourth-order valence-electron chi connectivity index (χ4n) is 3.09. The summed E-state index contributed by atoms with van der Waals surface area (Å²) in [5.74, 6) is -1.34. The van der Waals surface area contributed by atoms with Crippen LogP contribution < -0.4 is 10.6 Å². The van der Waals surface area contributed by atoms with E-state index in [2.05, 4.69) is 15.5 Å². The summed E-state index contributed by atoms with van der Waals surface area (Å²) in [6.45, 7) is 0.465. The van der Waals surface area contributed by atoms with E-state index in [0.717, 1.165) is 25.7 Å². The van der Waals surface area contributed by atoms with Crippen molar-refractivity contribution in [1.82, 2.24) is 10.2 Å². The molecule has 23 heavy (non-hydrogen) atoms. The lowest BCUT2D eigenvalue weighted by Crippen LogP contribution is -2.55. The van der Waals surface area contributed by atoms with Crippen LogP contribution in [0.1, 0.15) is 32.1 Å². The minimum atomic E-state index is -0.722. The number of likely N-dealkylation sites (N-methyl/N-ethyl adjacent to an activating group) is 1. The van der Waals surface area contributed by atoms with Crippen LogP contribution in [0.4, 0.5) is 5.69 Å². The monoisotopic (exact) mass is 319 g/mol. The fourth-order valence-corrected chi connectivity index (χ4v) is 3.09. The highest BCUT2D eigenvalue weighted by molar-refractivity contribution is 6.39. The van der Waals surface area contributed by atoms with Gasteiger partial charge in [0.15, 0.2) is 0 Å². The number of nitrogens with zero attached hydrogens (tertiary/aromatic N) is 1. The van der Waals surface area contributed by atoms with Crippen molar-refractivity contribution in [2.24, 2.45) is 0 Å². The number of benzene rings is 1. The van der Waals surface area contributed by atoms with E-state index in [9.17, 15) is 14.7 Å². The summed E-state index contributed by atoms with van der Waals surface area (Å²) in [5.41, 5.74) is 0.323. The molecule has 2 rings (SSSR count). The van der Waals surface area contributed by atoms with Crippen LogP contribution in [0.5, 0.6) is 5.75 Å². The molecule has 1 saturated carbocycles. The minimum Gasteiger partial charge on any atom is -0.508 e. The van der Waals surface area contributed by atoms with Crippen molar-refractivity contribution in [1.29, 1.82) is 0 Å². The van der Waals surface area contributed by atoms with E-state index in [1.807, 2.05) is 14.1 Å². The van der Waals surface area contributed by atoms with E-state index in [1.54, 1.807) is 12.1 Å². The topological polar surface area (TPSA) is 81.7 Å². The second-order valence-corrected chi connectivity index (χ2v) is 6.37. The van der Waals surface area contributed by atoms with Gasteiger partial charge in [-0.15, -0.1) is 0 Å². The Hall–Kier alpha value is -2.08.